The van der Waals surface area contributed by atoms with Gasteiger partial charge < -0.3 is 14.7 Å². The number of anilines is 1. The van der Waals surface area contributed by atoms with Crippen molar-refractivity contribution in [2.45, 2.75) is 32.4 Å². The van der Waals surface area contributed by atoms with E-state index in [4.69, 9.17) is 4.74 Å². The van der Waals surface area contributed by atoms with Crippen LogP contribution in [0.2, 0.25) is 0 Å². The number of rotatable bonds is 7. The number of carbonyl (C=O) groups is 1. The Hall–Kier alpha value is -1.89. The van der Waals surface area contributed by atoms with E-state index in [-0.39, 0.29) is 43.6 Å². The summed E-state index contributed by atoms with van der Waals surface area (Å²) >= 11 is 0. The molecule has 1 aromatic carbocycles. The van der Waals surface area contributed by atoms with Gasteiger partial charge in [-0.1, -0.05) is 6.92 Å². The van der Waals surface area contributed by atoms with Gasteiger partial charge >= 0.3 is 0 Å². The summed E-state index contributed by atoms with van der Waals surface area (Å²) in [6.45, 7) is 3.69. The minimum atomic E-state index is -3.51. The van der Waals surface area contributed by atoms with E-state index in [1.54, 1.807) is 17.9 Å². The molecule has 176 valence electrons. The number of sulfonamides is 2. The predicted molar refractivity (Wildman–Crippen MR) is 118 cm³/mol. The highest BCUT2D eigenvalue weighted by atomic mass is 32.2. The van der Waals surface area contributed by atoms with Crippen molar-refractivity contribution < 1.29 is 31.5 Å². The third-order valence-electron chi connectivity index (χ3n) is 5.22. The highest BCUT2D eigenvalue weighted by Crippen LogP contribution is 2.29. The molecule has 3 atom stereocenters. The lowest BCUT2D eigenvalue weighted by Crippen LogP contribution is -2.48. The predicted octanol–water partition coefficient (Wildman–Crippen LogP) is 0.0985. The molecule has 10 nitrogen and oxygen atoms in total. The molecule has 0 aromatic heterocycles. The van der Waals surface area contributed by atoms with Crippen LogP contribution < -0.4 is 9.46 Å². The average molecular weight is 478 g/mol. The quantitative estimate of drug-likeness (QED) is 0.569. The maximum Gasteiger partial charge on any atom is 0.229 e. The lowest BCUT2D eigenvalue weighted by atomic mass is 10.0. The number of nitrogens with zero attached hydrogens (tertiary/aromatic N) is 2. The minimum Gasteiger partial charge on any atom is -0.488 e. The molecule has 2 rings (SSSR count). The van der Waals surface area contributed by atoms with Crippen LogP contribution in [0.15, 0.2) is 18.2 Å². The number of nitrogens with one attached hydrogen (secondary N) is 1. The molecule has 1 heterocycles. The van der Waals surface area contributed by atoms with E-state index in [9.17, 15) is 26.7 Å². The molecule has 0 radical (unpaired) electrons. The Balaban J connectivity index is 2.50. The SMILES string of the molecule is C[C@H]1CN([C@@H](C)CO)C(=O)Cc2cc(NS(C)(=O)=O)ccc2O[C@@H]1CN(C)S(C)(=O)=O. The first-order valence-corrected chi connectivity index (χ1v) is 13.5. The molecule has 1 aromatic rings. The Morgan fingerprint density at radius 3 is 2.48 bits per heavy atom. The lowest BCUT2D eigenvalue weighted by molar-refractivity contribution is -0.134. The van der Waals surface area contributed by atoms with Gasteiger partial charge in [-0.15, -0.1) is 0 Å². The molecule has 0 spiro atoms. The summed E-state index contributed by atoms with van der Waals surface area (Å²) in [5.41, 5.74) is 0.756. The molecule has 0 saturated heterocycles. The van der Waals surface area contributed by atoms with Crippen molar-refractivity contribution >= 4 is 31.6 Å². The second-order valence-corrected chi connectivity index (χ2v) is 12.0. The van der Waals surface area contributed by atoms with E-state index < -0.39 is 32.2 Å². The number of amides is 1. The van der Waals surface area contributed by atoms with E-state index in [1.807, 2.05) is 6.92 Å². The fourth-order valence-electron chi connectivity index (χ4n) is 3.31. The van der Waals surface area contributed by atoms with Gasteiger partial charge in [0.25, 0.3) is 0 Å². The molecule has 1 aliphatic heterocycles. The Kier molecular flexibility index (Phi) is 7.95. The van der Waals surface area contributed by atoms with Crippen molar-refractivity contribution in [3.63, 3.8) is 0 Å². The summed E-state index contributed by atoms with van der Waals surface area (Å²) in [4.78, 5) is 14.6. The number of benzene rings is 1. The fourth-order valence-corrected chi connectivity index (χ4v) is 4.29. The molecular weight excluding hydrogens is 446 g/mol. The van der Waals surface area contributed by atoms with Crippen molar-refractivity contribution in [3.05, 3.63) is 23.8 Å². The first kappa shape index (κ1) is 25.4. The monoisotopic (exact) mass is 477 g/mol. The second kappa shape index (κ2) is 9.72. The Labute approximate surface area is 184 Å². The maximum atomic E-state index is 13.0. The van der Waals surface area contributed by atoms with Gasteiger partial charge in [0, 0.05) is 30.8 Å². The van der Waals surface area contributed by atoms with E-state index in [0.717, 1.165) is 12.5 Å². The highest BCUT2D eigenvalue weighted by molar-refractivity contribution is 7.92. The normalized spacial score (nSPS) is 21.5. The van der Waals surface area contributed by atoms with Crippen molar-refractivity contribution in [2.24, 2.45) is 5.92 Å². The number of aliphatic hydroxyl groups excluding tert-OH is 1. The number of ether oxygens (including phenoxy) is 1. The third kappa shape index (κ3) is 7.06. The summed E-state index contributed by atoms with van der Waals surface area (Å²) in [6.07, 6.45) is 1.50. The number of fused-ring (bicyclic) bond motifs is 1. The van der Waals surface area contributed by atoms with Crippen LogP contribution in [0.1, 0.15) is 19.4 Å². The standard InChI is InChI=1S/C19H31N3O7S2/c1-13-10-22(14(2)12-23)19(24)9-15-8-16(20-30(4,25)26)6-7-17(15)29-18(13)11-21(3)31(5,27)28/h6-8,13-14,18,20,23H,9-12H2,1-5H3/t13-,14-,18+/m0/s1. The van der Waals surface area contributed by atoms with Crippen molar-refractivity contribution in [3.8, 4) is 5.75 Å². The second-order valence-electron chi connectivity index (χ2n) is 8.13. The third-order valence-corrected chi connectivity index (χ3v) is 7.11. The fraction of sp³-hybridized carbons (Fsp3) is 0.632. The Bertz CT molecular complexity index is 1010. The topological polar surface area (TPSA) is 133 Å². The van der Waals surface area contributed by atoms with Gasteiger partial charge in [-0.3, -0.25) is 9.52 Å². The zero-order chi connectivity index (χ0) is 23.6. The number of aliphatic hydroxyl groups is 1. The van der Waals surface area contributed by atoms with Crippen LogP contribution >= 0.6 is 0 Å². The molecule has 0 fully saturated rings. The van der Waals surface area contributed by atoms with Gasteiger partial charge in [-0.25, -0.2) is 21.1 Å². The molecule has 31 heavy (non-hydrogen) atoms. The van der Waals surface area contributed by atoms with Gasteiger partial charge in [0.1, 0.15) is 11.9 Å². The first-order valence-electron chi connectivity index (χ1n) is 9.80. The highest BCUT2D eigenvalue weighted by Gasteiger charge is 2.32. The molecular formula is C19H31N3O7S2. The van der Waals surface area contributed by atoms with E-state index in [0.29, 0.717) is 11.3 Å². The zero-order valence-electron chi connectivity index (χ0n) is 18.4. The van der Waals surface area contributed by atoms with Crippen molar-refractivity contribution in [1.82, 2.24) is 9.21 Å². The summed E-state index contributed by atoms with van der Waals surface area (Å²) in [7, 11) is -5.51. The van der Waals surface area contributed by atoms with Crippen molar-refractivity contribution in [1.29, 1.82) is 0 Å². The molecule has 0 unspecified atom stereocenters. The number of likely N-dealkylation sites (N-methyl/N-ethyl adjacent to an activating group) is 1. The Morgan fingerprint density at radius 2 is 1.94 bits per heavy atom. The van der Waals surface area contributed by atoms with Crippen LogP contribution in [0.5, 0.6) is 5.75 Å². The molecule has 12 heteroatoms. The van der Waals surface area contributed by atoms with E-state index >= 15 is 0 Å². The van der Waals surface area contributed by atoms with E-state index in [2.05, 4.69) is 4.72 Å². The van der Waals surface area contributed by atoms with E-state index in [1.165, 1.54) is 23.5 Å². The van der Waals surface area contributed by atoms with Crippen LogP contribution in [0.3, 0.4) is 0 Å². The summed E-state index contributed by atoms with van der Waals surface area (Å²) in [5, 5.41) is 9.62. The minimum absolute atomic E-state index is 0.0552. The Morgan fingerprint density at radius 1 is 1.29 bits per heavy atom. The van der Waals surface area contributed by atoms with Crippen LogP contribution in [0.25, 0.3) is 0 Å². The van der Waals surface area contributed by atoms with Gasteiger partial charge in [0.15, 0.2) is 0 Å². The van der Waals surface area contributed by atoms with Crippen LogP contribution in [-0.2, 0) is 31.3 Å². The molecule has 1 aliphatic rings. The maximum absolute atomic E-state index is 13.0. The van der Waals surface area contributed by atoms with Crippen LogP contribution in [0, 0.1) is 5.92 Å². The van der Waals surface area contributed by atoms with Gasteiger partial charge in [-0.2, -0.15) is 0 Å². The van der Waals surface area contributed by atoms with Gasteiger partial charge in [0.2, 0.25) is 26.0 Å². The first-order chi connectivity index (χ1) is 14.2. The number of carbonyl (C=O) groups excluding carboxylic acids is 1. The molecule has 0 bridgehead atoms. The van der Waals surface area contributed by atoms with Crippen LogP contribution in [-0.4, -0.2) is 88.5 Å². The molecule has 0 saturated carbocycles. The van der Waals surface area contributed by atoms with Crippen LogP contribution in [0.4, 0.5) is 5.69 Å². The summed E-state index contributed by atoms with van der Waals surface area (Å²) in [5.74, 6) is -0.113. The lowest BCUT2D eigenvalue weighted by Gasteiger charge is -2.33. The average Bonchev–Trinajstić information content (AvgIpc) is 2.68. The largest absolute Gasteiger partial charge is 0.488 e. The van der Waals surface area contributed by atoms with Gasteiger partial charge in [-0.05, 0) is 25.1 Å². The number of hydrogen-bond donors (Lipinski definition) is 2. The smallest absolute Gasteiger partial charge is 0.229 e. The zero-order valence-corrected chi connectivity index (χ0v) is 20.0. The molecule has 0 aliphatic carbocycles. The summed E-state index contributed by atoms with van der Waals surface area (Å²) in [6, 6.07) is 4.19. The molecule has 1 amide bonds. The van der Waals surface area contributed by atoms with Gasteiger partial charge in [0.05, 0.1) is 38.1 Å². The van der Waals surface area contributed by atoms with Crippen molar-refractivity contribution in [2.75, 3.05) is 44.0 Å². The summed E-state index contributed by atoms with van der Waals surface area (Å²) < 4.78 is 56.8. The molecule has 2 N–H and O–H groups in total. The number of hydrogen-bond acceptors (Lipinski definition) is 7.